The molecule has 0 N–H and O–H groups in total. The number of furan rings is 1. The van der Waals surface area contributed by atoms with Gasteiger partial charge in [0, 0.05) is 50.0 Å². The average molecular weight is 968 g/mol. The number of benzene rings is 5. The van der Waals surface area contributed by atoms with Gasteiger partial charge in [-0.15, -0.1) is 54.1 Å². The SMILES string of the molecule is Cc1ccc2c(n1)oc1c(-c3nc4ccccc4n3-c3ccc(C(C)(C)C)cc3-c3ccccc3)[c-]ccc12.[2H]C(C)(C)c1cc(-c2[c-]cccc2)ncc1[Si](C)(C)C.[Ir]. The Morgan fingerprint density at radius 3 is 2.24 bits per heavy atom. The Morgan fingerprint density at radius 2 is 1.53 bits per heavy atom. The van der Waals surface area contributed by atoms with Crippen LogP contribution in [0, 0.1) is 19.1 Å². The number of hydrogen-bond acceptors (Lipinski definition) is 4. The summed E-state index contributed by atoms with van der Waals surface area (Å²) >= 11 is 0. The van der Waals surface area contributed by atoms with Crippen LogP contribution in [0.5, 0.6) is 0 Å². The molecule has 0 fully saturated rings. The molecular formula is C52H50IrN4OSi-2. The molecule has 4 aromatic heterocycles. The average Bonchev–Trinajstić information content (AvgIpc) is 3.78. The van der Waals surface area contributed by atoms with Gasteiger partial charge in [-0.2, -0.15) is 0 Å². The van der Waals surface area contributed by atoms with Crippen molar-refractivity contribution in [1.82, 2.24) is 19.5 Å². The molecule has 7 heteroatoms. The standard InChI is InChI=1S/C35H28N3O.C17H22NSi.Ir/c1-22-17-19-26-25-13-10-14-27(32(25)39-34(26)36-22)33-37-29-15-8-9-16-31(29)38(33)30-20-18-24(35(2,3)4)21-28(30)23-11-6-5-7-12-23;1-13(2)15-11-16(14-9-7-6-8-10-14)18-12-17(15)19(3,4)5;/h5-13,15-21H,1-4H3;6-9,11-13H,1-5H3;/q2*-1;/i;13D;. The zero-order chi connectivity index (χ0) is 41.7. The van der Waals surface area contributed by atoms with E-state index in [1.807, 2.05) is 75.5 Å². The molecule has 5 nitrogen and oxygen atoms in total. The largest absolute Gasteiger partial charge is 0.486 e. The minimum Gasteiger partial charge on any atom is -0.486 e. The number of aromatic nitrogens is 4. The van der Waals surface area contributed by atoms with E-state index < -0.39 is 14.0 Å². The van der Waals surface area contributed by atoms with Crippen molar-refractivity contribution in [2.24, 2.45) is 0 Å². The Hall–Kier alpha value is -5.46. The van der Waals surface area contributed by atoms with Gasteiger partial charge in [-0.1, -0.05) is 125 Å². The van der Waals surface area contributed by atoms with E-state index in [0.717, 1.165) is 78.1 Å². The van der Waals surface area contributed by atoms with Crippen LogP contribution in [0.2, 0.25) is 19.6 Å². The van der Waals surface area contributed by atoms with Gasteiger partial charge in [-0.3, -0.25) is 4.98 Å². The molecular weight excluding hydrogens is 917 g/mol. The summed E-state index contributed by atoms with van der Waals surface area (Å²) in [6.45, 7) is 19.5. The van der Waals surface area contributed by atoms with Gasteiger partial charge in [0.05, 0.1) is 30.5 Å². The monoisotopic (exact) mass is 968 g/mol. The van der Waals surface area contributed by atoms with E-state index in [2.05, 4.69) is 146 Å². The summed E-state index contributed by atoms with van der Waals surface area (Å²) in [5.41, 5.74) is 12.7. The topological polar surface area (TPSA) is 56.7 Å². The van der Waals surface area contributed by atoms with Crippen LogP contribution in [0.3, 0.4) is 0 Å². The summed E-state index contributed by atoms with van der Waals surface area (Å²) in [4.78, 5) is 14.4. The molecule has 5 aromatic carbocycles. The first-order valence-corrected chi connectivity index (χ1v) is 23.4. The van der Waals surface area contributed by atoms with Gasteiger partial charge >= 0.3 is 0 Å². The van der Waals surface area contributed by atoms with Crippen molar-refractivity contribution in [3.63, 3.8) is 0 Å². The Balaban J connectivity index is 0.000000220. The molecule has 0 spiro atoms. The van der Waals surface area contributed by atoms with Crippen molar-refractivity contribution in [2.75, 3.05) is 0 Å². The maximum atomic E-state index is 8.44. The predicted molar refractivity (Wildman–Crippen MR) is 245 cm³/mol. The quantitative estimate of drug-likeness (QED) is 0.123. The van der Waals surface area contributed by atoms with Crippen molar-refractivity contribution in [3.8, 4) is 39.5 Å². The van der Waals surface area contributed by atoms with Gasteiger partial charge in [0.15, 0.2) is 0 Å². The smallest absolute Gasteiger partial charge is 0.216 e. The number of imidazole rings is 1. The van der Waals surface area contributed by atoms with Gasteiger partial charge in [0.1, 0.15) is 0 Å². The van der Waals surface area contributed by atoms with E-state index in [1.165, 1.54) is 10.8 Å². The molecule has 0 amide bonds. The normalized spacial score (nSPS) is 12.3. The Labute approximate surface area is 364 Å². The zero-order valence-electron chi connectivity index (χ0n) is 36.2. The number of para-hydroxylation sites is 2. The second kappa shape index (κ2) is 16.7. The van der Waals surface area contributed by atoms with Crippen LogP contribution in [-0.4, -0.2) is 27.6 Å². The molecule has 0 aliphatic rings. The summed E-state index contributed by atoms with van der Waals surface area (Å²) in [6, 6.07) is 50.3. The van der Waals surface area contributed by atoms with Gasteiger partial charge in [-0.25, -0.2) is 4.98 Å². The van der Waals surface area contributed by atoms with Crippen LogP contribution in [0.1, 0.15) is 58.7 Å². The molecule has 4 heterocycles. The molecule has 9 aromatic rings. The van der Waals surface area contributed by atoms with E-state index in [4.69, 9.17) is 10.8 Å². The number of nitrogens with zero attached hydrogens (tertiary/aromatic N) is 4. The fraction of sp³-hybridized carbons (Fsp3) is 0.212. The minimum absolute atomic E-state index is 0. The molecule has 0 bridgehead atoms. The summed E-state index contributed by atoms with van der Waals surface area (Å²) in [6.07, 6.45) is 1.98. The summed E-state index contributed by atoms with van der Waals surface area (Å²) in [5, 5.41) is 3.28. The first-order chi connectivity index (χ1) is 28.1. The number of rotatable bonds is 6. The molecule has 299 valence electrons. The van der Waals surface area contributed by atoms with E-state index in [9.17, 15) is 0 Å². The van der Waals surface area contributed by atoms with Crippen LogP contribution < -0.4 is 5.19 Å². The maximum absolute atomic E-state index is 8.44. The molecule has 0 saturated carbocycles. The van der Waals surface area contributed by atoms with Crippen LogP contribution in [0.25, 0.3) is 72.6 Å². The van der Waals surface area contributed by atoms with Gasteiger partial charge in [-0.05, 0) is 76.6 Å². The number of fused-ring (bicyclic) bond motifs is 4. The first-order valence-electron chi connectivity index (χ1n) is 20.4. The predicted octanol–water partition coefficient (Wildman–Crippen LogP) is 13.3. The molecule has 0 saturated heterocycles. The Bertz CT molecular complexity index is 2960. The third-order valence-electron chi connectivity index (χ3n) is 10.6. The Morgan fingerprint density at radius 1 is 0.780 bits per heavy atom. The van der Waals surface area contributed by atoms with Crippen LogP contribution in [0.15, 0.2) is 138 Å². The van der Waals surface area contributed by atoms with Crippen molar-refractivity contribution in [3.05, 3.63) is 163 Å². The van der Waals surface area contributed by atoms with Gasteiger partial charge in [0.25, 0.3) is 0 Å². The second-order valence-corrected chi connectivity index (χ2v) is 22.3. The fourth-order valence-electron chi connectivity index (χ4n) is 7.53. The van der Waals surface area contributed by atoms with E-state index in [0.29, 0.717) is 5.71 Å². The second-order valence-electron chi connectivity index (χ2n) is 17.3. The zero-order valence-corrected chi connectivity index (χ0v) is 38.6. The molecule has 0 aliphatic carbocycles. The minimum atomic E-state index is -1.50. The first kappa shape index (κ1) is 40.3. The van der Waals surface area contributed by atoms with Gasteiger partial charge < -0.3 is 14.0 Å². The molecule has 0 aliphatic heterocycles. The van der Waals surface area contributed by atoms with Gasteiger partial charge in [0.2, 0.25) is 5.71 Å². The third-order valence-corrected chi connectivity index (χ3v) is 12.7. The van der Waals surface area contributed by atoms with Crippen LogP contribution in [0.4, 0.5) is 0 Å². The molecule has 9 rings (SSSR count). The molecule has 59 heavy (non-hydrogen) atoms. The van der Waals surface area contributed by atoms with Crippen LogP contribution in [-0.2, 0) is 25.5 Å². The van der Waals surface area contributed by atoms with Crippen molar-refractivity contribution < 1.29 is 25.9 Å². The molecule has 0 unspecified atom stereocenters. The van der Waals surface area contributed by atoms with E-state index in [1.54, 1.807) is 0 Å². The van der Waals surface area contributed by atoms with E-state index >= 15 is 0 Å². The summed E-state index contributed by atoms with van der Waals surface area (Å²) in [7, 11) is -1.50. The number of hydrogen-bond donors (Lipinski definition) is 0. The number of aryl methyl sites for hydroxylation is 1. The molecule has 0 atom stereocenters. The fourth-order valence-corrected chi connectivity index (χ4v) is 9.11. The van der Waals surface area contributed by atoms with Crippen molar-refractivity contribution in [2.45, 2.75) is 72.5 Å². The number of pyridine rings is 2. The van der Waals surface area contributed by atoms with Crippen molar-refractivity contribution >= 4 is 46.4 Å². The summed E-state index contributed by atoms with van der Waals surface area (Å²) < 4.78 is 17.1. The van der Waals surface area contributed by atoms with Crippen molar-refractivity contribution in [1.29, 1.82) is 0 Å². The Kier molecular flexibility index (Phi) is 11.4. The third kappa shape index (κ3) is 8.38. The maximum Gasteiger partial charge on any atom is 0.216 e. The summed E-state index contributed by atoms with van der Waals surface area (Å²) in [5.74, 6) is 0.181. The van der Waals surface area contributed by atoms with E-state index in [-0.39, 0.29) is 25.5 Å². The molecule has 1 radical (unpaired) electrons. The van der Waals surface area contributed by atoms with Crippen LogP contribution >= 0.6 is 0 Å².